The fourth-order valence-corrected chi connectivity index (χ4v) is 3.85. The maximum absolute atomic E-state index is 13.8. The second-order valence-corrected chi connectivity index (χ2v) is 9.44. The quantitative estimate of drug-likeness (QED) is 0.390. The van der Waals surface area contributed by atoms with Crippen LogP contribution in [0.4, 0.5) is 35.1 Å². The molecule has 1 N–H and O–H groups in total. The summed E-state index contributed by atoms with van der Waals surface area (Å²) in [6, 6.07) is 4.19. The Kier molecular flexibility index (Phi) is 6.84. The van der Waals surface area contributed by atoms with Crippen LogP contribution >= 0.6 is 0 Å². The highest BCUT2D eigenvalue weighted by Crippen LogP contribution is 2.48. The Labute approximate surface area is 192 Å². The molecule has 0 saturated carbocycles. The molecule has 1 atom stereocenters. The van der Waals surface area contributed by atoms with Crippen LogP contribution in [0.5, 0.6) is 5.75 Å². The molecule has 1 aromatic carbocycles. The maximum atomic E-state index is 13.8. The molecule has 0 bridgehead atoms. The summed E-state index contributed by atoms with van der Waals surface area (Å²) < 4.78 is 132. The minimum Gasteiger partial charge on any atom is -0.484 e. The van der Waals surface area contributed by atoms with Crippen molar-refractivity contribution in [2.45, 2.75) is 36.0 Å². The van der Waals surface area contributed by atoms with E-state index in [0.29, 0.717) is 5.69 Å². The Bertz CT molecular complexity index is 1280. The average molecular weight is 532 g/mol. The van der Waals surface area contributed by atoms with Crippen LogP contribution in [0.25, 0.3) is 11.4 Å². The van der Waals surface area contributed by atoms with E-state index < -0.39 is 46.3 Å². The molecule has 0 spiro atoms. The number of alkyl halides is 8. The van der Waals surface area contributed by atoms with Gasteiger partial charge in [0.1, 0.15) is 12.7 Å². The van der Waals surface area contributed by atoms with E-state index in [1.54, 1.807) is 0 Å². The molecule has 2 aromatic heterocycles. The van der Waals surface area contributed by atoms with Crippen LogP contribution in [-0.4, -0.2) is 65.3 Å². The van der Waals surface area contributed by atoms with Gasteiger partial charge in [0.05, 0.1) is 38.4 Å². The minimum absolute atomic E-state index is 0.0102. The van der Waals surface area contributed by atoms with Gasteiger partial charge in [-0.25, -0.2) is 32.1 Å². The Morgan fingerprint density at radius 3 is 2.37 bits per heavy atom. The van der Waals surface area contributed by atoms with Gasteiger partial charge in [-0.1, -0.05) is 6.92 Å². The molecule has 8 nitrogen and oxygen atoms in total. The van der Waals surface area contributed by atoms with E-state index in [1.807, 2.05) is 0 Å². The van der Waals surface area contributed by atoms with Crippen molar-refractivity contribution in [2.24, 2.45) is 0 Å². The smallest absolute Gasteiger partial charge is 0.381 e. The van der Waals surface area contributed by atoms with Crippen molar-refractivity contribution in [3.05, 3.63) is 43.2 Å². The van der Waals surface area contributed by atoms with Crippen molar-refractivity contribution in [2.75, 3.05) is 12.4 Å². The van der Waals surface area contributed by atoms with Gasteiger partial charge < -0.3 is 4.74 Å². The molecule has 2 heterocycles. The molecule has 0 aliphatic rings. The van der Waals surface area contributed by atoms with Crippen LogP contribution in [0.1, 0.15) is 6.92 Å². The van der Waals surface area contributed by atoms with Crippen molar-refractivity contribution >= 4 is 9.73 Å². The lowest BCUT2D eigenvalue weighted by atomic mass is 10.1. The first-order chi connectivity index (χ1) is 16.1. The van der Waals surface area contributed by atoms with Gasteiger partial charge in [-0.15, -0.1) is 0 Å². The standard InChI is InChI=1S/C18H16F8N6O2S/c1-2-35(27,33)14-4-3-11(32-10-28-9-30-32)5-13(14)31-7-12(6-29-31)34-8-16(21,22)18(25,26)17(23,24)15(19)20/h3-7,9-10,15,27H,2,8H2,1H3. The molecule has 0 saturated heterocycles. The Morgan fingerprint density at radius 2 is 1.80 bits per heavy atom. The van der Waals surface area contributed by atoms with E-state index >= 15 is 0 Å². The summed E-state index contributed by atoms with van der Waals surface area (Å²) in [7, 11) is -3.35. The molecule has 17 heteroatoms. The first-order valence-electron chi connectivity index (χ1n) is 9.49. The van der Waals surface area contributed by atoms with Gasteiger partial charge in [-0.3, -0.25) is 0 Å². The molecule has 35 heavy (non-hydrogen) atoms. The minimum atomic E-state index is -6.42. The zero-order valence-electron chi connectivity index (χ0n) is 17.5. The lowest BCUT2D eigenvalue weighted by Gasteiger charge is -2.31. The first-order valence-corrected chi connectivity index (χ1v) is 11.2. The lowest BCUT2D eigenvalue weighted by Crippen LogP contribution is -2.59. The van der Waals surface area contributed by atoms with Gasteiger partial charge in [0.2, 0.25) is 0 Å². The van der Waals surface area contributed by atoms with E-state index in [-0.39, 0.29) is 16.3 Å². The van der Waals surface area contributed by atoms with Crippen molar-refractivity contribution in [3.63, 3.8) is 0 Å². The third kappa shape index (κ3) is 4.81. The number of hydrogen-bond donors (Lipinski definition) is 1. The summed E-state index contributed by atoms with van der Waals surface area (Å²) in [6.45, 7) is -0.885. The Balaban J connectivity index is 1.93. The molecule has 0 amide bonds. The summed E-state index contributed by atoms with van der Waals surface area (Å²) in [6.07, 6.45) is -0.871. The molecule has 1 unspecified atom stereocenters. The molecule has 3 aromatic rings. The van der Waals surface area contributed by atoms with E-state index in [0.717, 1.165) is 17.1 Å². The van der Waals surface area contributed by atoms with Crippen molar-refractivity contribution in [3.8, 4) is 17.1 Å². The average Bonchev–Trinajstić information content (AvgIpc) is 3.49. The second-order valence-electron chi connectivity index (χ2n) is 7.07. The van der Waals surface area contributed by atoms with Gasteiger partial charge in [-0.2, -0.15) is 36.5 Å². The number of benzene rings is 1. The van der Waals surface area contributed by atoms with Crippen LogP contribution in [0.2, 0.25) is 0 Å². The van der Waals surface area contributed by atoms with E-state index in [4.69, 9.17) is 4.78 Å². The molecule has 0 radical (unpaired) electrons. The zero-order valence-corrected chi connectivity index (χ0v) is 18.3. The number of rotatable bonds is 10. The summed E-state index contributed by atoms with van der Waals surface area (Å²) >= 11 is 0. The second kappa shape index (κ2) is 9.09. The number of ether oxygens (including phenoxy) is 1. The fraction of sp³-hybridized carbons (Fsp3) is 0.389. The maximum Gasteiger partial charge on any atom is 0.381 e. The number of hydrogen-bond acceptors (Lipinski definition) is 6. The van der Waals surface area contributed by atoms with Crippen LogP contribution in [-0.2, 0) is 9.73 Å². The normalized spacial score (nSPS) is 14.8. The van der Waals surface area contributed by atoms with E-state index in [2.05, 4.69) is 19.9 Å². The molecular formula is C18H16F8N6O2S. The van der Waals surface area contributed by atoms with E-state index in [1.165, 1.54) is 42.5 Å². The molecular weight excluding hydrogens is 516 g/mol. The number of nitrogens with zero attached hydrogens (tertiary/aromatic N) is 5. The van der Waals surface area contributed by atoms with Crippen LogP contribution in [0.3, 0.4) is 0 Å². The summed E-state index contributed by atoms with van der Waals surface area (Å²) in [5.41, 5.74) is 0.377. The van der Waals surface area contributed by atoms with Gasteiger partial charge >= 0.3 is 24.2 Å². The van der Waals surface area contributed by atoms with Crippen LogP contribution < -0.4 is 4.74 Å². The first kappa shape index (κ1) is 26.4. The molecule has 0 aliphatic carbocycles. The Hall–Kier alpha value is -3.24. The van der Waals surface area contributed by atoms with Gasteiger partial charge in [0.15, 0.2) is 12.4 Å². The summed E-state index contributed by atoms with van der Waals surface area (Å²) in [4.78, 5) is 3.75. The monoisotopic (exact) mass is 532 g/mol. The topological polar surface area (TPSA) is 98.7 Å². The predicted molar refractivity (Wildman–Crippen MR) is 104 cm³/mol. The number of aromatic nitrogens is 5. The fourth-order valence-electron chi connectivity index (χ4n) is 2.76. The van der Waals surface area contributed by atoms with Gasteiger partial charge in [-0.05, 0) is 18.2 Å². The summed E-state index contributed by atoms with van der Waals surface area (Å²) in [5.74, 6) is -19.1. The Morgan fingerprint density at radius 1 is 1.11 bits per heavy atom. The van der Waals surface area contributed by atoms with Crippen molar-refractivity contribution in [1.29, 1.82) is 4.78 Å². The highest BCUT2D eigenvalue weighted by molar-refractivity contribution is 7.92. The van der Waals surface area contributed by atoms with E-state index in [9.17, 15) is 39.3 Å². The molecule has 0 aliphatic heterocycles. The lowest BCUT2D eigenvalue weighted by molar-refractivity contribution is -0.342. The van der Waals surface area contributed by atoms with Gasteiger partial charge in [0, 0.05) is 5.75 Å². The highest BCUT2D eigenvalue weighted by atomic mass is 32.2. The summed E-state index contributed by atoms with van der Waals surface area (Å²) in [5, 5.41) is 7.71. The van der Waals surface area contributed by atoms with Crippen LogP contribution in [0, 0.1) is 4.78 Å². The van der Waals surface area contributed by atoms with Crippen molar-refractivity contribution < 1.29 is 44.1 Å². The van der Waals surface area contributed by atoms with Crippen molar-refractivity contribution in [1.82, 2.24) is 24.5 Å². The third-order valence-corrected chi connectivity index (χ3v) is 6.63. The predicted octanol–water partition coefficient (Wildman–Crippen LogP) is 4.43. The van der Waals surface area contributed by atoms with Crippen LogP contribution in [0.15, 0.2) is 48.1 Å². The number of halogens is 8. The zero-order chi connectivity index (χ0) is 26.2. The number of nitrogens with one attached hydrogen (secondary N) is 1. The molecule has 192 valence electrons. The SMILES string of the molecule is CCS(=N)(=O)c1ccc(-n2cncn2)cc1-n1cc(OCC(F)(F)C(F)(F)C(F)(F)C(F)F)cn1. The highest BCUT2D eigenvalue weighted by Gasteiger charge is 2.75. The third-order valence-electron chi connectivity index (χ3n) is 4.77. The van der Waals surface area contributed by atoms with Gasteiger partial charge in [0.25, 0.3) is 0 Å². The molecule has 3 rings (SSSR count). The largest absolute Gasteiger partial charge is 0.484 e. The molecule has 0 fully saturated rings.